The summed E-state index contributed by atoms with van der Waals surface area (Å²) >= 11 is 0. The van der Waals surface area contributed by atoms with Gasteiger partial charge in [-0.1, -0.05) is 274 Å². The number of carbonyl (C=O) groups is 4. The number of rotatable bonds is 64. The van der Waals surface area contributed by atoms with Crippen LogP contribution in [0.1, 0.15) is 325 Å². The Morgan fingerprint density at radius 2 is 0.558 bits per heavy atom. The van der Waals surface area contributed by atoms with Crippen LogP contribution in [0.2, 0.25) is 0 Å². The van der Waals surface area contributed by atoms with Crippen molar-refractivity contribution in [2.75, 3.05) is 39.6 Å². The molecule has 0 aromatic heterocycles. The largest absolute Gasteiger partial charge is 0.472 e. The first-order chi connectivity index (χ1) is 41.1. The van der Waals surface area contributed by atoms with Crippen molar-refractivity contribution in [2.45, 2.75) is 343 Å². The van der Waals surface area contributed by atoms with Gasteiger partial charge in [0.25, 0.3) is 0 Å². The minimum absolute atomic E-state index is 0.102. The van der Waals surface area contributed by atoms with Crippen molar-refractivity contribution in [1.82, 2.24) is 0 Å². The second-order valence-electron chi connectivity index (χ2n) is 25.9. The molecule has 0 saturated heterocycles. The minimum atomic E-state index is -4.95. The molecule has 510 valence electrons. The molecule has 17 nitrogen and oxygen atoms in total. The summed E-state index contributed by atoms with van der Waals surface area (Å²) < 4.78 is 68.0. The Hall–Kier alpha value is -1.94. The highest BCUT2D eigenvalue weighted by molar-refractivity contribution is 7.47. The number of ether oxygens (including phenoxy) is 4. The van der Waals surface area contributed by atoms with Crippen molar-refractivity contribution in [1.29, 1.82) is 0 Å². The van der Waals surface area contributed by atoms with E-state index in [4.69, 9.17) is 37.0 Å². The Morgan fingerprint density at radius 1 is 0.326 bits per heavy atom. The van der Waals surface area contributed by atoms with E-state index in [1.54, 1.807) is 0 Å². The van der Waals surface area contributed by atoms with E-state index in [0.717, 1.165) is 108 Å². The van der Waals surface area contributed by atoms with Crippen LogP contribution in [0.5, 0.6) is 0 Å². The molecule has 0 fully saturated rings. The fourth-order valence-electron chi connectivity index (χ4n) is 9.93. The van der Waals surface area contributed by atoms with Gasteiger partial charge in [-0.15, -0.1) is 0 Å². The predicted octanol–water partition coefficient (Wildman–Crippen LogP) is 18.5. The number of hydrogen-bond donors (Lipinski definition) is 3. The van der Waals surface area contributed by atoms with Crippen LogP contribution in [-0.4, -0.2) is 96.7 Å². The van der Waals surface area contributed by atoms with E-state index in [1.165, 1.54) is 122 Å². The fraction of sp³-hybridized carbons (Fsp3) is 0.940. The van der Waals surface area contributed by atoms with Gasteiger partial charge in [-0.05, 0) is 49.4 Å². The number of phosphoric acid groups is 2. The van der Waals surface area contributed by atoms with Crippen molar-refractivity contribution in [3.05, 3.63) is 0 Å². The molecule has 3 N–H and O–H groups in total. The molecule has 19 heteroatoms. The lowest BCUT2D eigenvalue weighted by Crippen LogP contribution is -2.30. The maximum atomic E-state index is 13.0. The summed E-state index contributed by atoms with van der Waals surface area (Å²) in [5, 5.41) is 10.5. The highest BCUT2D eigenvalue weighted by Gasteiger charge is 2.30. The van der Waals surface area contributed by atoms with Gasteiger partial charge in [-0.25, -0.2) is 9.13 Å². The maximum absolute atomic E-state index is 13.0. The predicted molar refractivity (Wildman–Crippen MR) is 344 cm³/mol. The Labute approximate surface area is 524 Å². The van der Waals surface area contributed by atoms with E-state index in [0.29, 0.717) is 37.5 Å². The summed E-state index contributed by atoms with van der Waals surface area (Å²) in [6, 6.07) is 0. The Bertz CT molecular complexity index is 1720. The van der Waals surface area contributed by atoms with Crippen molar-refractivity contribution < 1.29 is 80.2 Å². The molecule has 0 radical (unpaired) electrons. The third kappa shape index (κ3) is 59.7. The summed E-state index contributed by atoms with van der Waals surface area (Å²) in [6.07, 6.45) is 37.9. The summed E-state index contributed by atoms with van der Waals surface area (Å²) in [6.45, 7) is 13.9. The first kappa shape index (κ1) is 84.1. The number of aliphatic hydroxyl groups excluding tert-OH is 1. The molecule has 3 unspecified atom stereocenters. The number of esters is 4. The van der Waals surface area contributed by atoms with Gasteiger partial charge < -0.3 is 33.8 Å². The van der Waals surface area contributed by atoms with Gasteiger partial charge in [0.15, 0.2) is 12.2 Å². The fourth-order valence-corrected chi connectivity index (χ4v) is 11.5. The zero-order chi connectivity index (χ0) is 63.9. The van der Waals surface area contributed by atoms with Crippen molar-refractivity contribution in [3.63, 3.8) is 0 Å². The second-order valence-corrected chi connectivity index (χ2v) is 28.8. The maximum Gasteiger partial charge on any atom is 0.472 e. The van der Waals surface area contributed by atoms with Crippen LogP contribution in [0.15, 0.2) is 0 Å². The molecule has 0 aliphatic heterocycles. The van der Waals surface area contributed by atoms with Gasteiger partial charge in [0.05, 0.1) is 26.4 Å². The molecule has 0 heterocycles. The van der Waals surface area contributed by atoms with E-state index >= 15 is 0 Å². The number of hydrogen-bond acceptors (Lipinski definition) is 15. The van der Waals surface area contributed by atoms with Crippen molar-refractivity contribution in [2.24, 2.45) is 23.7 Å². The first-order valence-electron chi connectivity index (χ1n) is 34.7. The monoisotopic (exact) mass is 1270 g/mol. The number of carbonyl (C=O) groups excluding carboxylic acids is 4. The molecule has 0 spiro atoms. The third-order valence-electron chi connectivity index (χ3n) is 15.7. The normalized spacial score (nSPS) is 14.7. The molecular formula is C67H130O17P2. The molecule has 0 amide bonds. The van der Waals surface area contributed by atoms with Crippen LogP contribution in [-0.2, 0) is 65.4 Å². The Balaban J connectivity index is 5.18. The zero-order valence-electron chi connectivity index (χ0n) is 55.9. The topological polar surface area (TPSA) is 237 Å². The smallest absolute Gasteiger partial charge is 0.462 e. The van der Waals surface area contributed by atoms with Gasteiger partial charge in [0.2, 0.25) is 0 Å². The SMILES string of the molecule is CCC(C)CCCCCCCCC(=O)OC[C@H](COP(=O)(O)OC[C@H](O)COP(=O)(O)OC[C@@H](COC(=O)CCCCCCCCCCCCCCCCC(C)C)OC(=O)CCCCCCCCC(C)C)OC(=O)CCCCCCCCCC(C)C. The van der Waals surface area contributed by atoms with Crippen LogP contribution in [0.4, 0.5) is 0 Å². The van der Waals surface area contributed by atoms with Gasteiger partial charge in [-0.2, -0.15) is 0 Å². The molecule has 0 aromatic rings. The molecular weight excluding hydrogens is 1140 g/mol. The average molecular weight is 1270 g/mol. The van der Waals surface area contributed by atoms with E-state index in [-0.39, 0.29) is 25.7 Å². The Morgan fingerprint density at radius 3 is 0.826 bits per heavy atom. The average Bonchev–Trinajstić information content (AvgIpc) is 3.59. The van der Waals surface area contributed by atoms with Gasteiger partial charge in [0, 0.05) is 25.7 Å². The summed E-state index contributed by atoms with van der Waals surface area (Å²) in [4.78, 5) is 72.3. The standard InChI is InChI=1S/C67H130O17P2/c1-9-60(8)46-38-30-24-26-32-40-48-65(70)78-54-62(83-66(71)49-41-33-22-18-20-28-36-44-58(4)5)55-81-85(73,74)79-51-61(68)52-80-86(75,76)82-56-63(84-67(72)50-42-34-25-23-29-37-45-59(6)7)53-77-64(69)47-39-31-21-17-15-13-11-10-12-14-16-19-27-35-43-57(2)3/h57-63,68H,9-56H2,1-8H3,(H,73,74)(H,75,76)/t60?,61-,62+,63+/m0/s1. The van der Waals surface area contributed by atoms with E-state index < -0.39 is 97.5 Å². The third-order valence-corrected chi connectivity index (χ3v) is 17.6. The number of aliphatic hydroxyl groups is 1. The number of phosphoric ester groups is 2. The molecule has 0 aliphatic rings. The van der Waals surface area contributed by atoms with Crippen LogP contribution in [0.3, 0.4) is 0 Å². The molecule has 0 bridgehead atoms. The van der Waals surface area contributed by atoms with Gasteiger partial charge in [-0.3, -0.25) is 37.3 Å². The lowest BCUT2D eigenvalue weighted by molar-refractivity contribution is -0.161. The lowest BCUT2D eigenvalue weighted by Gasteiger charge is -2.21. The molecule has 0 saturated carbocycles. The van der Waals surface area contributed by atoms with Crippen LogP contribution in [0, 0.1) is 23.7 Å². The quantitative estimate of drug-likeness (QED) is 0.0222. The molecule has 0 aromatic carbocycles. The van der Waals surface area contributed by atoms with Crippen molar-refractivity contribution >= 4 is 39.5 Å². The van der Waals surface area contributed by atoms with Gasteiger partial charge >= 0.3 is 39.5 Å². The summed E-state index contributed by atoms with van der Waals surface area (Å²) in [5.41, 5.74) is 0. The van der Waals surface area contributed by atoms with Crippen LogP contribution in [0.25, 0.3) is 0 Å². The highest BCUT2D eigenvalue weighted by atomic mass is 31.2. The minimum Gasteiger partial charge on any atom is -0.462 e. The number of unbranched alkanes of at least 4 members (excludes halogenated alkanes) is 29. The Kier molecular flexibility index (Phi) is 55.7. The van der Waals surface area contributed by atoms with E-state index in [9.17, 15) is 43.2 Å². The van der Waals surface area contributed by atoms with E-state index in [1.807, 2.05) is 0 Å². The van der Waals surface area contributed by atoms with Gasteiger partial charge in [0.1, 0.15) is 19.3 Å². The molecule has 0 aliphatic carbocycles. The molecule has 6 atom stereocenters. The van der Waals surface area contributed by atoms with Crippen LogP contribution < -0.4 is 0 Å². The summed E-state index contributed by atoms with van der Waals surface area (Å²) in [7, 11) is -9.89. The van der Waals surface area contributed by atoms with Crippen molar-refractivity contribution in [3.8, 4) is 0 Å². The zero-order valence-corrected chi connectivity index (χ0v) is 57.7. The second kappa shape index (κ2) is 57.0. The van der Waals surface area contributed by atoms with Crippen LogP contribution >= 0.6 is 15.6 Å². The van der Waals surface area contributed by atoms with E-state index in [2.05, 4.69) is 55.4 Å². The lowest BCUT2D eigenvalue weighted by atomic mass is 10.00. The molecule has 0 rings (SSSR count). The summed E-state index contributed by atoms with van der Waals surface area (Å²) in [5.74, 6) is 0.754. The molecule has 86 heavy (non-hydrogen) atoms. The highest BCUT2D eigenvalue weighted by Crippen LogP contribution is 2.45. The first-order valence-corrected chi connectivity index (χ1v) is 37.7.